The first-order valence-electron chi connectivity index (χ1n) is 17.3. The Morgan fingerprint density at radius 3 is 2.18 bits per heavy atom. The van der Waals surface area contributed by atoms with E-state index in [1.807, 2.05) is 48.5 Å². The van der Waals surface area contributed by atoms with Crippen molar-refractivity contribution in [2.45, 2.75) is 76.9 Å². The maximum atomic E-state index is 13.9. The molecule has 1 saturated carbocycles. The van der Waals surface area contributed by atoms with Gasteiger partial charge in [-0.3, -0.25) is 14.4 Å². The molecule has 0 bridgehead atoms. The number of nitrogens with zero attached hydrogens (tertiary/aromatic N) is 1. The molecule has 5 rings (SSSR count). The van der Waals surface area contributed by atoms with Gasteiger partial charge in [-0.05, 0) is 105 Å². The number of hydrogen-bond acceptors (Lipinski definition) is 6. The highest BCUT2D eigenvalue weighted by molar-refractivity contribution is 5.96. The lowest BCUT2D eigenvalue weighted by atomic mass is 9.90. The minimum atomic E-state index is -0.911. The molecule has 11 heteroatoms. The van der Waals surface area contributed by atoms with Crippen LogP contribution in [0.1, 0.15) is 62.1 Å². The number of halogens is 2. The first kappa shape index (κ1) is 38.3. The molecule has 3 aromatic rings. The zero-order valence-corrected chi connectivity index (χ0v) is 29.5. The van der Waals surface area contributed by atoms with Crippen LogP contribution in [-0.4, -0.2) is 68.1 Å². The Balaban J connectivity index is 0.000000541. The zero-order valence-electron chi connectivity index (χ0n) is 29.5. The molecule has 2 aliphatic rings. The van der Waals surface area contributed by atoms with E-state index in [0.29, 0.717) is 56.8 Å². The predicted molar refractivity (Wildman–Crippen MR) is 189 cm³/mol. The Kier molecular flexibility index (Phi) is 14.1. The maximum Gasteiger partial charge on any atom is 0.249 e. The summed E-state index contributed by atoms with van der Waals surface area (Å²) in [5, 5.41) is 9.46. The van der Waals surface area contributed by atoms with Crippen LogP contribution >= 0.6 is 0 Å². The average Bonchev–Trinajstić information content (AvgIpc) is 3.85. The number of carbonyl (C=O) groups excluding carboxylic acids is 3. The van der Waals surface area contributed by atoms with Gasteiger partial charge in [-0.25, -0.2) is 8.78 Å². The normalized spacial score (nSPS) is 17.4. The number of nitrogens with one attached hydrogen (secondary N) is 3. The number of carbonyl (C=O) groups is 3. The standard InChI is InChI=1S/C32H44N4O5.C7H6F2/c1-23(37)35-32(21-25-11-12-25)15-18-36(31(32)39)29(14-13-24-7-4-9-27(19-24)40-2)30(38)34-17-6-16-33-22-26-8-5-10-28(20-26)41-3;1-5-2-6(8)4-7(9)3-5/h4-5,7-10,19-20,25,29,33H,6,11-18,21-22H2,1-3H3,(H,34,38)(H,35,37);2-4H,1H3/t29?,32-;/m0./s1. The van der Waals surface area contributed by atoms with Crippen molar-refractivity contribution in [3.8, 4) is 11.5 Å². The maximum absolute atomic E-state index is 13.9. The van der Waals surface area contributed by atoms with Crippen molar-refractivity contribution >= 4 is 17.7 Å². The van der Waals surface area contributed by atoms with E-state index in [4.69, 9.17) is 9.47 Å². The Morgan fingerprint density at radius 1 is 0.940 bits per heavy atom. The van der Waals surface area contributed by atoms with E-state index in [2.05, 4.69) is 16.0 Å². The third-order valence-corrected chi connectivity index (χ3v) is 9.02. The first-order chi connectivity index (χ1) is 24.0. The molecule has 1 unspecified atom stereocenters. The molecule has 1 heterocycles. The topological polar surface area (TPSA) is 109 Å². The molecule has 270 valence electrons. The van der Waals surface area contributed by atoms with Crippen molar-refractivity contribution in [3.05, 3.63) is 95.1 Å². The van der Waals surface area contributed by atoms with Crippen molar-refractivity contribution in [2.24, 2.45) is 5.92 Å². The lowest BCUT2D eigenvalue weighted by Crippen LogP contribution is -2.57. The van der Waals surface area contributed by atoms with Crippen molar-refractivity contribution in [3.63, 3.8) is 0 Å². The van der Waals surface area contributed by atoms with Crippen molar-refractivity contribution in [1.82, 2.24) is 20.9 Å². The number of likely N-dealkylation sites (tertiary alicyclic amines) is 1. The van der Waals surface area contributed by atoms with E-state index < -0.39 is 23.2 Å². The molecule has 0 spiro atoms. The van der Waals surface area contributed by atoms with E-state index in [1.165, 1.54) is 19.1 Å². The van der Waals surface area contributed by atoms with Crippen LogP contribution in [-0.2, 0) is 27.3 Å². The Labute approximate surface area is 294 Å². The summed E-state index contributed by atoms with van der Waals surface area (Å²) in [6.07, 6.45) is 5.20. The van der Waals surface area contributed by atoms with Gasteiger partial charge in [-0.2, -0.15) is 0 Å². The van der Waals surface area contributed by atoms with Gasteiger partial charge in [0.15, 0.2) is 0 Å². The van der Waals surface area contributed by atoms with Crippen LogP contribution in [0.15, 0.2) is 66.7 Å². The predicted octanol–water partition coefficient (Wildman–Crippen LogP) is 5.48. The summed E-state index contributed by atoms with van der Waals surface area (Å²) in [4.78, 5) is 41.2. The number of amides is 3. The van der Waals surface area contributed by atoms with Crippen molar-refractivity contribution in [1.29, 1.82) is 0 Å². The smallest absolute Gasteiger partial charge is 0.249 e. The van der Waals surface area contributed by atoms with Gasteiger partial charge in [0.25, 0.3) is 0 Å². The van der Waals surface area contributed by atoms with E-state index in [-0.39, 0.29) is 17.7 Å². The largest absolute Gasteiger partial charge is 0.497 e. The molecule has 1 saturated heterocycles. The molecule has 2 atom stereocenters. The van der Waals surface area contributed by atoms with Crippen LogP contribution in [0.25, 0.3) is 0 Å². The summed E-state index contributed by atoms with van der Waals surface area (Å²) in [6.45, 7) is 5.50. The quantitative estimate of drug-likeness (QED) is 0.172. The van der Waals surface area contributed by atoms with Gasteiger partial charge in [-0.1, -0.05) is 37.1 Å². The van der Waals surface area contributed by atoms with Crippen molar-refractivity contribution in [2.75, 3.05) is 33.9 Å². The first-order valence-corrected chi connectivity index (χ1v) is 17.3. The number of hydrogen-bond donors (Lipinski definition) is 3. The van der Waals surface area contributed by atoms with Crippen LogP contribution < -0.4 is 25.4 Å². The van der Waals surface area contributed by atoms with Gasteiger partial charge < -0.3 is 30.3 Å². The molecule has 0 radical (unpaired) electrons. The third kappa shape index (κ3) is 11.5. The molecule has 2 fully saturated rings. The highest BCUT2D eigenvalue weighted by Gasteiger charge is 2.52. The van der Waals surface area contributed by atoms with Gasteiger partial charge in [0, 0.05) is 32.6 Å². The Morgan fingerprint density at radius 2 is 1.58 bits per heavy atom. The van der Waals surface area contributed by atoms with Crippen LogP contribution in [0.5, 0.6) is 11.5 Å². The van der Waals surface area contributed by atoms with Crippen LogP contribution in [0, 0.1) is 24.5 Å². The average molecular weight is 693 g/mol. The zero-order chi connectivity index (χ0) is 36.1. The number of aryl methyl sites for hydroxylation is 2. The number of methoxy groups -OCH3 is 2. The molecule has 0 aromatic heterocycles. The van der Waals surface area contributed by atoms with E-state index in [1.54, 1.807) is 26.0 Å². The Hall–Kier alpha value is -4.51. The lowest BCUT2D eigenvalue weighted by molar-refractivity contribution is -0.142. The summed E-state index contributed by atoms with van der Waals surface area (Å²) >= 11 is 0. The summed E-state index contributed by atoms with van der Waals surface area (Å²) in [6, 6.07) is 18.5. The second kappa shape index (κ2) is 18.5. The Bertz CT molecular complexity index is 1550. The summed E-state index contributed by atoms with van der Waals surface area (Å²) < 4.78 is 35.0. The summed E-state index contributed by atoms with van der Waals surface area (Å²) in [5.41, 5.74) is 1.87. The number of benzene rings is 3. The van der Waals surface area contributed by atoms with E-state index in [0.717, 1.165) is 54.5 Å². The molecule has 1 aliphatic carbocycles. The monoisotopic (exact) mass is 692 g/mol. The molecule has 50 heavy (non-hydrogen) atoms. The summed E-state index contributed by atoms with van der Waals surface area (Å²) in [7, 11) is 3.28. The second-order valence-corrected chi connectivity index (χ2v) is 13.2. The van der Waals surface area contributed by atoms with Gasteiger partial charge in [0.2, 0.25) is 17.7 Å². The molecular weight excluding hydrogens is 642 g/mol. The van der Waals surface area contributed by atoms with Crippen LogP contribution in [0.3, 0.4) is 0 Å². The van der Waals surface area contributed by atoms with Gasteiger partial charge in [-0.15, -0.1) is 0 Å². The molecule has 3 aromatic carbocycles. The molecule has 3 N–H and O–H groups in total. The van der Waals surface area contributed by atoms with Gasteiger partial charge in [0.1, 0.15) is 34.7 Å². The van der Waals surface area contributed by atoms with E-state index in [9.17, 15) is 23.2 Å². The van der Waals surface area contributed by atoms with Gasteiger partial charge in [0.05, 0.1) is 14.2 Å². The summed E-state index contributed by atoms with van der Waals surface area (Å²) in [5.74, 6) is 0.507. The molecule has 1 aliphatic heterocycles. The minimum absolute atomic E-state index is 0.134. The highest BCUT2D eigenvalue weighted by Crippen LogP contribution is 2.41. The minimum Gasteiger partial charge on any atom is -0.497 e. The number of ether oxygens (including phenoxy) is 2. The molecule has 3 amide bonds. The second-order valence-electron chi connectivity index (χ2n) is 13.2. The lowest BCUT2D eigenvalue weighted by Gasteiger charge is -2.32. The third-order valence-electron chi connectivity index (χ3n) is 9.02. The molecule has 9 nitrogen and oxygen atoms in total. The fraction of sp³-hybridized carbons (Fsp3) is 0.462. The van der Waals surface area contributed by atoms with Crippen LogP contribution in [0.4, 0.5) is 8.78 Å². The van der Waals surface area contributed by atoms with Crippen molar-refractivity contribution < 1.29 is 32.6 Å². The molecular formula is C39H50F2N4O5. The fourth-order valence-corrected chi connectivity index (χ4v) is 6.41. The highest BCUT2D eigenvalue weighted by atomic mass is 19.1. The van der Waals surface area contributed by atoms with Crippen LogP contribution in [0.2, 0.25) is 0 Å². The number of rotatable bonds is 16. The fourth-order valence-electron chi connectivity index (χ4n) is 6.41. The van der Waals surface area contributed by atoms with E-state index >= 15 is 0 Å². The van der Waals surface area contributed by atoms with Gasteiger partial charge >= 0.3 is 0 Å². The SMILES string of the molecule is COc1cccc(CCC(C(=O)NCCCNCc2cccc(OC)c2)N2CC[C@@](CC3CC3)(NC(C)=O)C2=O)c1.Cc1cc(F)cc(F)c1.